The minimum Gasteiger partial charge on any atom is -0.456 e. The van der Waals surface area contributed by atoms with E-state index in [1.54, 1.807) is 0 Å². The normalized spacial score (nSPS) is 12.5. The summed E-state index contributed by atoms with van der Waals surface area (Å²) in [5, 5.41) is 11.5. The molecule has 0 aliphatic carbocycles. The molecule has 0 aliphatic rings. The third-order valence-corrected chi connectivity index (χ3v) is 11.6. The lowest BCUT2D eigenvalue weighted by Crippen LogP contribution is -2.12. The number of benzene rings is 8. The fourth-order valence-electron chi connectivity index (χ4n) is 9.39. The third-order valence-electron chi connectivity index (χ3n) is 11.6. The van der Waals surface area contributed by atoms with Crippen molar-refractivity contribution in [3.8, 4) is 16.8 Å². The van der Waals surface area contributed by atoms with Crippen molar-refractivity contribution in [3.63, 3.8) is 0 Å². The molecule has 0 radical (unpaired) electrons. The van der Waals surface area contributed by atoms with Gasteiger partial charge in [0.2, 0.25) is 0 Å². The summed E-state index contributed by atoms with van der Waals surface area (Å²) in [4.78, 5) is 14.0. The van der Waals surface area contributed by atoms with Crippen LogP contribution in [0.2, 0.25) is 0 Å². The highest BCUT2D eigenvalue weighted by atomic mass is 16.3. The van der Waals surface area contributed by atoms with Gasteiger partial charge in [0.05, 0.1) is 22.1 Å². The summed E-state index contributed by atoms with van der Waals surface area (Å²) in [6, 6.07) is 54.8. The van der Waals surface area contributed by atoms with Gasteiger partial charge in [-0.3, -0.25) is 9.20 Å². The summed E-state index contributed by atoms with van der Waals surface area (Å²) in [7, 11) is 0. The molecule has 0 fully saturated rings. The van der Waals surface area contributed by atoms with E-state index in [1.807, 2.05) is 52.9 Å². The predicted molar refractivity (Wildman–Crippen MR) is 222 cm³/mol. The van der Waals surface area contributed by atoms with Gasteiger partial charge in [-0.15, -0.1) is 0 Å². The molecule has 5 heterocycles. The molecule has 13 aromatic rings. The Morgan fingerprint density at radius 2 is 1.06 bits per heavy atom. The van der Waals surface area contributed by atoms with Crippen molar-refractivity contribution in [1.82, 2.24) is 8.97 Å². The van der Waals surface area contributed by atoms with Crippen molar-refractivity contribution < 1.29 is 8.83 Å². The number of pyridine rings is 1. The van der Waals surface area contributed by atoms with E-state index in [0.717, 1.165) is 110 Å². The molecule has 5 heteroatoms. The molecule has 0 unspecified atom stereocenters. The van der Waals surface area contributed by atoms with Crippen molar-refractivity contribution in [2.24, 2.45) is 0 Å². The van der Waals surface area contributed by atoms with Gasteiger partial charge in [0.1, 0.15) is 16.7 Å². The molecule has 0 aliphatic heterocycles. The second kappa shape index (κ2) is 9.94. The van der Waals surface area contributed by atoms with E-state index in [4.69, 9.17) is 8.83 Å². The zero-order chi connectivity index (χ0) is 35.2. The maximum absolute atomic E-state index is 14.0. The first-order valence-corrected chi connectivity index (χ1v) is 18.2. The number of nitrogens with zero attached hydrogens (tertiary/aromatic N) is 2. The average Bonchev–Trinajstić information content (AvgIpc) is 3.97. The van der Waals surface area contributed by atoms with Crippen molar-refractivity contribution in [1.29, 1.82) is 0 Å². The Bertz CT molecular complexity index is 3820. The lowest BCUT2D eigenvalue weighted by molar-refractivity contribution is 0.669. The Balaban J connectivity index is 1.13. The zero-order valence-electron chi connectivity index (χ0n) is 28.6. The first kappa shape index (κ1) is 28.2. The van der Waals surface area contributed by atoms with Crippen LogP contribution >= 0.6 is 0 Å². The third kappa shape index (κ3) is 3.46. The van der Waals surface area contributed by atoms with Crippen molar-refractivity contribution in [3.05, 3.63) is 168 Å². The number of fused-ring (bicyclic) bond motifs is 15. The van der Waals surface area contributed by atoms with Crippen LogP contribution in [0.5, 0.6) is 0 Å². The second-order valence-electron chi connectivity index (χ2n) is 14.4. The van der Waals surface area contributed by atoms with E-state index < -0.39 is 0 Å². The van der Waals surface area contributed by atoms with Crippen molar-refractivity contribution in [2.75, 3.05) is 0 Å². The maximum atomic E-state index is 14.0. The highest BCUT2D eigenvalue weighted by molar-refractivity contribution is 6.24. The van der Waals surface area contributed by atoms with Gasteiger partial charge in [-0.1, -0.05) is 91.0 Å². The molecule has 54 heavy (non-hydrogen) atoms. The number of para-hydroxylation sites is 3. The highest BCUT2D eigenvalue weighted by Gasteiger charge is 2.22. The van der Waals surface area contributed by atoms with Crippen LogP contribution in [0.25, 0.3) is 120 Å². The predicted octanol–water partition coefficient (Wildman–Crippen LogP) is 12.8. The fourth-order valence-corrected chi connectivity index (χ4v) is 9.39. The smallest absolute Gasteiger partial charge is 0.263 e. The van der Waals surface area contributed by atoms with E-state index >= 15 is 0 Å². The van der Waals surface area contributed by atoms with Gasteiger partial charge in [0, 0.05) is 59.5 Å². The van der Waals surface area contributed by atoms with Gasteiger partial charge < -0.3 is 13.4 Å². The minimum atomic E-state index is 0.0116. The zero-order valence-corrected chi connectivity index (χ0v) is 28.6. The van der Waals surface area contributed by atoms with Crippen LogP contribution in [-0.2, 0) is 0 Å². The van der Waals surface area contributed by atoms with Crippen LogP contribution < -0.4 is 5.56 Å². The van der Waals surface area contributed by atoms with Crippen molar-refractivity contribution >= 4 is 104 Å². The fraction of sp³-hybridized carbons (Fsp3) is 0. The lowest BCUT2D eigenvalue weighted by atomic mass is 9.95. The molecule has 5 aromatic heterocycles. The van der Waals surface area contributed by atoms with Gasteiger partial charge in [0.25, 0.3) is 5.56 Å². The molecular weight excluding hydrogens is 665 g/mol. The summed E-state index contributed by atoms with van der Waals surface area (Å²) < 4.78 is 17.5. The van der Waals surface area contributed by atoms with Gasteiger partial charge in [0.15, 0.2) is 5.58 Å². The Labute approximate surface area is 305 Å². The van der Waals surface area contributed by atoms with Gasteiger partial charge in [-0.05, 0) is 83.2 Å². The SMILES string of the molecule is O=c1c2ccccc2c2cc(-c3cccc4oc5ccc(-n6c7ccccc7c7ccc8c9ccccc9oc8c76)cc5c34)cc3c4ccccc4n1c23. The van der Waals surface area contributed by atoms with Crippen LogP contribution in [0.3, 0.4) is 0 Å². The number of hydrogen-bond donors (Lipinski definition) is 0. The largest absolute Gasteiger partial charge is 0.456 e. The number of hydrogen-bond acceptors (Lipinski definition) is 3. The summed E-state index contributed by atoms with van der Waals surface area (Å²) in [6.07, 6.45) is 0. The summed E-state index contributed by atoms with van der Waals surface area (Å²) in [6.45, 7) is 0. The Morgan fingerprint density at radius 1 is 0.407 bits per heavy atom. The molecular formula is C49H26N2O3. The second-order valence-corrected chi connectivity index (χ2v) is 14.4. The van der Waals surface area contributed by atoms with Crippen LogP contribution in [0.1, 0.15) is 0 Å². The number of rotatable bonds is 2. The number of furan rings is 2. The summed E-state index contributed by atoms with van der Waals surface area (Å²) >= 11 is 0. The molecule has 13 rings (SSSR count). The highest BCUT2D eigenvalue weighted by Crippen LogP contribution is 2.44. The van der Waals surface area contributed by atoms with Crippen LogP contribution in [0.4, 0.5) is 0 Å². The monoisotopic (exact) mass is 690 g/mol. The Morgan fingerprint density at radius 3 is 1.91 bits per heavy atom. The van der Waals surface area contributed by atoms with E-state index in [2.05, 4.69) is 114 Å². The lowest BCUT2D eigenvalue weighted by Gasteiger charge is -2.11. The molecule has 0 N–H and O–H groups in total. The maximum Gasteiger partial charge on any atom is 0.263 e. The van der Waals surface area contributed by atoms with Gasteiger partial charge in [-0.25, -0.2) is 0 Å². The van der Waals surface area contributed by atoms with Crippen molar-refractivity contribution in [2.45, 2.75) is 0 Å². The molecule has 0 saturated heterocycles. The van der Waals surface area contributed by atoms with Crippen LogP contribution in [0, 0.1) is 0 Å². The molecule has 0 spiro atoms. The minimum absolute atomic E-state index is 0.0116. The van der Waals surface area contributed by atoms with E-state index in [9.17, 15) is 4.79 Å². The Kier molecular flexibility index (Phi) is 5.20. The molecule has 8 aromatic carbocycles. The average molecular weight is 691 g/mol. The van der Waals surface area contributed by atoms with E-state index in [0.29, 0.717) is 5.39 Å². The summed E-state index contributed by atoms with van der Waals surface area (Å²) in [5.74, 6) is 0. The number of aromatic nitrogens is 2. The standard InChI is InChI=1S/C49H26N2O3/c52-49-36-14-2-1-10-30(36)37-24-27(25-38-32-12-4-7-17-41(32)51(49)46(37)38)29-15-9-19-44-45(29)39-26-28(20-23-43(39)53-44)50-40-16-6-3-11-31(40)34-21-22-35-33-13-5-8-18-42(33)54-48(35)47(34)50/h1-26H. The van der Waals surface area contributed by atoms with Gasteiger partial charge >= 0.3 is 0 Å². The van der Waals surface area contributed by atoms with E-state index in [1.165, 1.54) is 5.39 Å². The first-order valence-electron chi connectivity index (χ1n) is 18.2. The molecule has 250 valence electrons. The quantitative estimate of drug-likeness (QED) is 0.170. The van der Waals surface area contributed by atoms with E-state index in [-0.39, 0.29) is 5.56 Å². The van der Waals surface area contributed by atoms with Crippen LogP contribution in [-0.4, -0.2) is 8.97 Å². The first-order chi connectivity index (χ1) is 26.7. The van der Waals surface area contributed by atoms with Crippen LogP contribution in [0.15, 0.2) is 171 Å². The molecule has 0 saturated carbocycles. The molecule has 5 nitrogen and oxygen atoms in total. The molecule has 0 bridgehead atoms. The Hall–Kier alpha value is -7.37. The van der Waals surface area contributed by atoms with Gasteiger partial charge in [-0.2, -0.15) is 0 Å². The topological polar surface area (TPSA) is 52.7 Å². The molecule has 0 atom stereocenters. The summed E-state index contributed by atoms with van der Waals surface area (Å²) in [5.41, 5.74) is 10.6. The molecule has 0 amide bonds.